The minimum absolute atomic E-state index is 0.163. The molecule has 0 heterocycles. The number of nitro benzene ring substituents is 1. The van der Waals surface area contributed by atoms with Crippen molar-refractivity contribution in [2.75, 3.05) is 19.5 Å². The molecule has 0 atom stereocenters. The third kappa shape index (κ3) is 6.54. The third-order valence-corrected chi connectivity index (χ3v) is 5.48. The Balaban J connectivity index is 1.92. The first kappa shape index (κ1) is 26.1. The number of nitrogens with one attached hydrogen (secondary N) is 2. The number of nitro groups is 1. The number of benzene rings is 3. The number of esters is 1. The highest BCUT2D eigenvalue weighted by atomic mass is 79.9. The van der Waals surface area contributed by atoms with Crippen LogP contribution in [0.3, 0.4) is 0 Å². The van der Waals surface area contributed by atoms with E-state index in [4.69, 9.17) is 4.74 Å². The Labute approximate surface area is 214 Å². The van der Waals surface area contributed by atoms with Crippen molar-refractivity contribution in [2.24, 2.45) is 0 Å². The van der Waals surface area contributed by atoms with Crippen LogP contribution in [-0.2, 0) is 9.53 Å². The molecule has 0 radical (unpaired) electrons. The topological polar surface area (TPSA) is 137 Å². The Bertz CT molecular complexity index is 1350. The first-order valence-electron chi connectivity index (χ1n) is 10.3. The fraction of sp³-hybridized carbons (Fsp3) is 0.0800. The summed E-state index contributed by atoms with van der Waals surface area (Å²) in [4.78, 5) is 48.2. The summed E-state index contributed by atoms with van der Waals surface area (Å²) in [5.74, 6) is -1.29. The van der Waals surface area contributed by atoms with Crippen LogP contribution < -0.4 is 15.4 Å². The lowest BCUT2D eigenvalue weighted by Gasteiger charge is -2.12. The van der Waals surface area contributed by atoms with E-state index in [2.05, 4.69) is 31.3 Å². The lowest BCUT2D eigenvalue weighted by molar-refractivity contribution is -0.384. The maximum Gasteiger partial charge on any atom is 0.337 e. The molecule has 11 heteroatoms. The Morgan fingerprint density at radius 2 is 1.67 bits per heavy atom. The minimum atomic E-state index is -0.687. The molecule has 3 aromatic carbocycles. The molecule has 2 amide bonds. The molecule has 0 saturated heterocycles. The number of hydrogen-bond donors (Lipinski definition) is 2. The number of halogens is 1. The van der Waals surface area contributed by atoms with E-state index in [9.17, 15) is 24.5 Å². The molecule has 3 rings (SSSR count). The average molecular weight is 554 g/mol. The van der Waals surface area contributed by atoms with Gasteiger partial charge < -0.3 is 20.1 Å². The zero-order chi connectivity index (χ0) is 26.2. The number of carbonyl (C=O) groups is 3. The molecular weight excluding hydrogens is 534 g/mol. The van der Waals surface area contributed by atoms with E-state index in [1.807, 2.05) is 0 Å². The molecule has 0 saturated carbocycles. The zero-order valence-electron chi connectivity index (χ0n) is 19.1. The Morgan fingerprint density at radius 1 is 0.972 bits per heavy atom. The molecule has 0 bridgehead atoms. The number of carbonyl (C=O) groups excluding carboxylic acids is 3. The molecular formula is C25H20BrN3O7. The summed E-state index contributed by atoms with van der Waals surface area (Å²) in [5.41, 5.74) is 0.867. The molecule has 0 aromatic heterocycles. The smallest absolute Gasteiger partial charge is 0.337 e. The summed E-state index contributed by atoms with van der Waals surface area (Å²) >= 11 is 3.32. The number of non-ortho nitro benzene ring substituents is 1. The maximum atomic E-state index is 13.1. The van der Waals surface area contributed by atoms with Crippen molar-refractivity contribution in [3.63, 3.8) is 0 Å². The van der Waals surface area contributed by atoms with Gasteiger partial charge in [-0.1, -0.05) is 12.1 Å². The van der Waals surface area contributed by atoms with E-state index in [1.165, 1.54) is 74.9 Å². The highest BCUT2D eigenvalue weighted by molar-refractivity contribution is 9.10. The Kier molecular flexibility index (Phi) is 8.52. The number of nitrogens with zero attached hydrogens (tertiary/aromatic N) is 1. The number of rotatable bonds is 8. The second-order valence-electron chi connectivity index (χ2n) is 7.24. The van der Waals surface area contributed by atoms with Gasteiger partial charge in [0.15, 0.2) is 0 Å². The molecule has 3 aromatic rings. The van der Waals surface area contributed by atoms with Crippen molar-refractivity contribution < 1.29 is 28.8 Å². The number of hydrogen-bond acceptors (Lipinski definition) is 7. The van der Waals surface area contributed by atoms with Gasteiger partial charge in [0.25, 0.3) is 17.5 Å². The van der Waals surface area contributed by atoms with Crippen LogP contribution in [0.1, 0.15) is 26.3 Å². The second kappa shape index (κ2) is 11.8. The van der Waals surface area contributed by atoms with Gasteiger partial charge in [-0.2, -0.15) is 0 Å². The molecule has 0 fully saturated rings. The van der Waals surface area contributed by atoms with Crippen molar-refractivity contribution in [1.29, 1.82) is 0 Å². The first-order valence-corrected chi connectivity index (χ1v) is 11.1. The number of methoxy groups -OCH3 is 2. The highest BCUT2D eigenvalue weighted by Gasteiger charge is 2.17. The maximum absolute atomic E-state index is 13.1. The fourth-order valence-electron chi connectivity index (χ4n) is 3.06. The van der Waals surface area contributed by atoms with E-state index in [-0.39, 0.29) is 16.9 Å². The van der Waals surface area contributed by atoms with Gasteiger partial charge in [-0.25, -0.2) is 4.79 Å². The third-order valence-electron chi connectivity index (χ3n) is 4.86. The SMILES string of the molecule is COC(=O)c1ccc(NC(=O)/C(=C/c2cccc([N+](=O)[O-])c2)NC(=O)c2ccc(OC)c(Br)c2)cc1. The standard InChI is InChI=1S/C25H20BrN3O7/c1-35-22-11-8-17(14-20(22)26)23(30)28-21(13-15-4-3-5-19(12-15)29(33)34)24(31)27-18-9-6-16(7-10-18)25(32)36-2/h3-14H,1-2H3,(H,27,31)(H,28,30)/b21-13-. The molecule has 0 aliphatic rings. The van der Waals surface area contributed by atoms with E-state index in [1.54, 1.807) is 12.1 Å². The van der Waals surface area contributed by atoms with Gasteiger partial charge in [0.2, 0.25) is 0 Å². The van der Waals surface area contributed by atoms with Gasteiger partial charge in [0, 0.05) is 23.4 Å². The van der Waals surface area contributed by atoms with E-state index < -0.39 is 22.7 Å². The molecule has 36 heavy (non-hydrogen) atoms. The number of anilines is 1. The predicted octanol–water partition coefficient (Wildman–Crippen LogP) is 4.56. The van der Waals surface area contributed by atoms with Crippen LogP contribution in [0.4, 0.5) is 11.4 Å². The average Bonchev–Trinajstić information content (AvgIpc) is 2.88. The second-order valence-corrected chi connectivity index (χ2v) is 8.09. The monoisotopic (exact) mass is 553 g/mol. The highest BCUT2D eigenvalue weighted by Crippen LogP contribution is 2.25. The van der Waals surface area contributed by atoms with Crippen molar-refractivity contribution in [3.05, 3.63) is 104 Å². The van der Waals surface area contributed by atoms with Crippen molar-refractivity contribution in [2.45, 2.75) is 0 Å². The lowest BCUT2D eigenvalue weighted by atomic mass is 10.1. The van der Waals surface area contributed by atoms with Gasteiger partial charge in [0.1, 0.15) is 11.4 Å². The van der Waals surface area contributed by atoms with Crippen LogP contribution in [-0.4, -0.2) is 36.9 Å². The van der Waals surface area contributed by atoms with E-state index in [0.29, 0.717) is 27.0 Å². The van der Waals surface area contributed by atoms with Crippen LogP contribution >= 0.6 is 15.9 Å². The van der Waals surface area contributed by atoms with Crippen LogP contribution in [0.2, 0.25) is 0 Å². The van der Waals surface area contributed by atoms with Crippen LogP contribution in [0, 0.1) is 10.1 Å². The Morgan fingerprint density at radius 3 is 2.28 bits per heavy atom. The summed E-state index contributed by atoms with van der Waals surface area (Å²) in [7, 11) is 2.74. The quantitative estimate of drug-likeness (QED) is 0.180. The molecule has 184 valence electrons. The first-order chi connectivity index (χ1) is 17.2. The summed E-state index contributed by atoms with van der Waals surface area (Å²) < 4.78 is 10.4. The van der Waals surface area contributed by atoms with Gasteiger partial charge in [-0.3, -0.25) is 19.7 Å². The van der Waals surface area contributed by atoms with Gasteiger partial charge in [0.05, 0.1) is 29.2 Å². The summed E-state index contributed by atoms with van der Waals surface area (Å²) in [5, 5.41) is 16.3. The fourth-order valence-corrected chi connectivity index (χ4v) is 3.60. The normalized spacial score (nSPS) is 10.8. The van der Waals surface area contributed by atoms with Crippen LogP contribution in [0.5, 0.6) is 5.75 Å². The Hall–Kier alpha value is -4.51. The lowest BCUT2D eigenvalue weighted by Crippen LogP contribution is -2.30. The molecule has 10 nitrogen and oxygen atoms in total. The largest absolute Gasteiger partial charge is 0.496 e. The van der Waals surface area contributed by atoms with Crippen molar-refractivity contribution in [3.8, 4) is 5.75 Å². The van der Waals surface area contributed by atoms with Gasteiger partial charge in [-0.05, 0) is 70.0 Å². The van der Waals surface area contributed by atoms with E-state index >= 15 is 0 Å². The summed E-state index contributed by atoms with van der Waals surface area (Å²) in [6.45, 7) is 0. The molecule has 0 aliphatic carbocycles. The minimum Gasteiger partial charge on any atom is -0.496 e. The van der Waals surface area contributed by atoms with Crippen LogP contribution in [0.25, 0.3) is 6.08 Å². The predicted molar refractivity (Wildman–Crippen MR) is 136 cm³/mol. The van der Waals surface area contributed by atoms with E-state index in [0.717, 1.165) is 0 Å². The molecule has 2 N–H and O–H groups in total. The summed E-state index contributed by atoms with van der Waals surface area (Å²) in [6.07, 6.45) is 1.32. The van der Waals surface area contributed by atoms with Gasteiger partial charge >= 0.3 is 5.97 Å². The van der Waals surface area contributed by atoms with Crippen molar-refractivity contribution >= 4 is 51.2 Å². The molecule has 0 aliphatic heterocycles. The van der Waals surface area contributed by atoms with Crippen molar-refractivity contribution in [1.82, 2.24) is 5.32 Å². The molecule has 0 spiro atoms. The van der Waals surface area contributed by atoms with Crippen LogP contribution in [0.15, 0.2) is 76.9 Å². The van der Waals surface area contributed by atoms with Gasteiger partial charge in [-0.15, -0.1) is 0 Å². The summed E-state index contributed by atoms with van der Waals surface area (Å²) in [6, 6.07) is 16.2. The number of amides is 2. The molecule has 0 unspecified atom stereocenters. The number of ether oxygens (including phenoxy) is 2. The zero-order valence-corrected chi connectivity index (χ0v) is 20.7.